The molecule has 8 nitrogen and oxygen atoms in total. The lowest BCUT2D eigenvalue weighted by atomic mass is 10.0. The topological polar surface area (TPSA) is 92.1 Å². The fourth-order valence-electron chi connectivity index (χ4n) is 3.83. The lowest BCUT2D eigenvalue weighted by Gasteiger charge is -2.43. The molecular formula is C15H18N4O4S2. The molecule has 0 radical (unpaired) electrons. The molecule has 2 saturated heterocycles. The molecule has 2 aromatic heterocycles. The van der Waals surface area contributed by atoms with Gasteiger partial charge in [0.05, 0.1) is 17.5 Å². The Kier molecular flexibility index (Phi) is 3.93. The fourth-order valence-corrected chi connectivity index (χ4v) is 6.56. The normalized spacial score (nSPS) is 26.0. The zero-order valence-electron chi connectivity index (χ0n) is 13.7. The Balaban J connectivity index is 1.74. The summed E-state index contributed by atoms with van der Waals surface area (Å²) in [6, 6.07) is 0.681. The van der Waals surface area contributed by atoms with Crippen molar-refractivity contribution >= 4 is 32.0 Å². The SMILES string of the molecule is CCN1CCN(C(=O)c2cc(=O)nc3sccn23)[C@@H]2CS(=O)(=O)C[C@@H]21. The van der Waals surface area contributed by atoms with E-state index in [1.165, 1.54) is 17.4 Å². The number of sulfone groups is 1. The summed E-state index contributed by atoms with van der Waals surface area (Å²) in [5.41, 5.74) is -0.224. The van der Waals surface area contributed by atoms with Crippen LogP contribution in [0.3, 0.4) is 0 Å². The molecule has 1 amide bonds. The van der Waals surface area contributed by atoms with E-state index < -0.39 is 15.4 Å². The second-order valence-electron chi connectivity index (χ2n) is 6.37. The van der Waals surface area contributed by atoms with E-state index in [0.717, 1.165) is 6.54 Å². The largest absolute Gasteiger partial charge is 0.330 e. The van der Waals surface area contributed by atoms with E-state index in [1.807, 2.05) is 6.92 Å². The summed E-state index contributed by atoms with van der Waals surface area (Å²) in [6.07, 6.45) is 1.70. The van der Waals surface area contributed by atoms with Gasteiger partial charge >= 0.3 is 0 Å². The van der Waals surface area contributed by atoms with Crippen LogP contribution in [0.1, 0.15) is 17.4 Å². The molecule has 25 heavy (non-hydrogen) atoms. The molecule has 0 aromatic carbocycles. The Morgan fingerprint density at radius 2 is 2.08 bits per heavy atom. The minimum atomic E-state index is -3.17. The molecule has 2 aliphatic rings. The van der Waals surface area contributed by atoms with Crippen LogP contribution in [-0.4, -0.2) is 76.7 Å². The fraction of sp³-hybridized carbons (Fsp3) is 0.533. The third-order valence-corrected chi connectivity index (χ3v) is 7.45. The third-order valence-electron chi connectivity index (χ3n) is 4.99. The van der Waals surface area contributed by atoms with Crippen molar-refractivity contribution in [3.63, 3.8) is 0 Å². The van der Waals surface area contributed by atoms with Crippen molar-refractivity contribution in [2.75, 3.05) is 31.1 Å². The first-order valence-corrected chi connectivity index (χ1v) is 10.8. The van der Waals surface area contributed by atoms with Gasteiger partial charge in [-0.05, 0) is 6.54 Å². The molecule has 0 saturated carbocycles. The number of thiazole rings is 1. The van der Waals surface area contributed by atoms with E-state index >= 15 is 0 Å². The van der Waals surface area contributed by atoms with Crippen molar-refractivity contribution in [2.24, 2.45) is 0 Å². The van der Waals surface area contributed by atoms with Gasteiger partial charge in [-0.15, -0.1) is 11.3 Å². The number of amides is 1. The van der Waals surface area contributed by atoms with Gasteiger partial charge in [0.25, 0.3) is 11.5 Å². The van der Waals surface area contributed by atoms with Crippen molar-refractivity contribution in [2.45, 2.75) is 19.0 Å². The predicted octanol–water partition coefficient (Wildman–Crippen LogP) is -0.301. The molecule has 4 rings (SSSR count). The van der Waals surface area contributed by atoms with E-state index in [9.17, 15) is 18.0 Å². The molecule has 4 heterocycles. The molecule has 134 valence electrons. The van der Waals surface area contributed by atoms with Gasteiger partial charge in [-0.1, -0.05) is 6.92 Å². The van der Waals surface area contributed by atoms with Crippen LogP contribution in [0.2, 0.25) is 0 Å². The molecule has 0 unspecified atom stereocenters. The summed E-state index contributed by atoms with van der Waals surface area (Å²) in [4.78, 5) is 33.1. The van der Waals surface area contributed by atoms with E-state index in [-0.39, 0.29) is 35.2 Å². The van der Waals surface area contributed by atoms with Gasteiger partial charge < -0.3 is 4.90 Å². The van der Waals surface area contributed by atoms with Crippen molar-refractivity contribution < 1.29 is 13.2 Å². The summed E-state index contributed by atoms with van der Waals surface area (Å²) in [7, 11) is -3.17. The molecule has 10 heteroatoms. The Hall–Kier alpha value is -1.78. The Labute approximate surface area is 148 Å². The van der Waals surface area contributed by atoms with Crippen molar-refractivity contribution in [3.05, 3.63) is 33.7 Å². The Morgan fingerprint density at radius 1 is 1.32 bits per heavy atom. The maximum absolute atomic E-state index is 13.1. The number of hydrogen-bond acceptors (Lipinski definition) is 7. The van der Waals surface area contributed by atoms with E-state index in [2.05, 4.69) is 9.88 Å². The van der Waals surface area contributed by atoms with Gasteiger partial charge in [0.1, 0.15) is 5.69 Å². The summed E-state index contributed by atoms with van der Waals surface area (Å²) in [5, 5.41) is 1.76. The van der Waals surface area contributed by atoms with Gasteiger partial charge in [-0.25, -0.2) is 8.42 Å². The zero-order valence-corrected chi connectivity index (χ0v) is 15.3. The number of carbonyl (C=O) groups excluding carboxylic acids is 1. The van der Waals surface area contributed by atoms with E-state index in [0.29, 0.717) is 18.1 Å². The molecule has 0 bridgehead atoms. The number of likely N-dealkylation sites (N-methyl/N-ethyl adjacent to an activating group) is 1. The van der Waals surface area contributed by atoms with Crippen LogP contribution in [0.15, 0.2) is 22.4 Å². The number of carbonyl (C=O) groups is 1. The van der Waals surface area contributed by atoms with Crippen LogP contribution in [0, 0.1) is 0 Å². The van der Waals surface area contributed by atoms with Crippen molar-refractivity contribution in [1.82, 2.24) is 19.2 Å². The number of fused-ring (bicyclic) bond motifs is 2. The summed E-state index contributed by atoms with van der Waals surface area (Å²) < 4.78 is 25.9. The number of rotatable bonds is 2. The van der Waals surface area contributed by atoms with Crippen LogP contribution >= 0.6 is 11.3 Å². The van der Waals surface area contributed by atoms with Crippen LogP contribution in [0.5, 0.6) is 0 Å². The minimum Gasteiger partial charge on any atom is -0.330 e. The van der Waals surface area contributed by atoms with E-state index in [4.69, 9.17) is 0 Å². The second-order valence-corrected chi connectivity index (χ2v) is 9.40. The van der Waals surface area contributed by atoms with Gasteiger partial charge in [-0.3, -0.25) is 18.9 Å². The monoisotopic (exact) mass is 382 g/mol. The molecular weight excluding hydrogens is 364 g/mol. The lowest BCUT2D eigenvalue weighted by Crippen LogP contribution is -2.60. The van der Waals surface area contributed by atoms with Gasteiger partial charge in [-0.2, -0.15) is 4.98 Å². The molecule has 2 aliphatic heterocycles. The van der Waals surface area contributed by atoms with Gasteiger partial charge in [0.15, 0.2) is 14.8 Å². The van der Waals surface area contributed by atoms with Crippen LogP contribution in [0.4, 0.5) is 0 Å². The number of aromatic nitrogens is 2. The first-order valence-electron chi connectivity index (χ1n) is 8.12. The molecule has 2 fully saturated rings. The molecule has 0 aliphatic carbocycles. The van der Waals surface area contributed by atoms with Crippen LogP contribution in [-0.2, 0) is 9.84 Å². The molecule has 2 aromatic rings. The highest BCUT2D eigenvalue weighted by molar-refractivity contribution is 7.91. The average molecular weight is 382 g/mol. The first kappa shape index (κ1) is 16.7. The van der Waals surface area contributed by atoms with Crippen molar-refractivity contribution in [1.29, 1.82) is 0 Å². The maximum Gasteiger partial charge on any atom is 0.274 e. The number of nitrogens with zero attached hydrogens (tertiary/aromatic N) is 4. The Bertz CT molecular complexity index is 996. The maximum atomic E-state index is 13.1. The summed E-state index contributed by atoms with van der Waals surface area (Å²) >= 11 is 1.28. The number of piperazine rings is 1. The van der Waals surface area contributed by atoms with Crippen molar-refractivity contribution in [3.8, 4) is 0 Å². The van der Waals surface area contributed by atoms with Gasteiger partial charge in [0.2, 0.25) is 0 Å². The minimum absolute atomic E-state index is 0.0212. The summed E-state index contributed by atoms with van der Waals surface area (Å²) in [6.45, 7) is 3.83. The van der Waals surface area contributed by atoms with Crippen LogP contribution < -0.4 is 5.56 Å². The second kappa shape index (κ2) is 5.89. The smallest absolute Gasteiger partial charge is 0.274 e. The van der Waals surface area contributed by atoms with E-state index in [1.54, 1.807) is 20.9 Å². The lowest BCUT2D eigenvalue weighted by molar-refractivity contribution is 0.0343. The molecule has 0 spiro atoms. The molecule has 0 N–H and O–H groups in total. The number of hydrogen-bond donors (Lipinski definition) is 0. The average Bonchev–Trinajstić information content (AvgIpc) is 3.14. The summed E-state index contributed by atoms with van der Waals surface area (Å²) in [5.74, 6) is -0.248. The quantitative estimate of drug-likeness (QED) is 0.708. The first-order chi connectivity index (χ1) is 11.9. The highest BCUT2D eigenvalue weighted by Crippen LogP contribution is 2.28. The highest BCUT2D eigenvalue weighted by atomic mass is 32.2. The highest BCUT2D eigenvalue weighted by Gasteiger charge is 2.47. The Morgan fingerprint density at radius 3 is 2.84 bits per heavy atom. The zero-order chi connectivity index (χ0) is 17.8. The molecule has 2 atom stereocenters. The standard InChI is InChI=1S/C15H18N4O4S2/c1-2-17-3-4-18(12-9-25(22,23)8-11(12)17)14(21)10-7-13(20)16-15-19(10)5-6-24-15/h5-7,11-12H,2-4,8-9H2,1H3/t11-,12+/m0/s1. The van der Waals surface area contributed by atoms with Gasteiger partial charge in [0, 0.05) is 36.8 Å². The third kappa shape index (κ3) is 2.77. The predicted molar refractivity (Wildman–Crippen MR) is 93.9 cm³/mol. The van der Waals surface area contributed by atoms with Crippen LogP contribution in [0.25, 0.3) is 4.96 Å².